The van der Waals surface area contributed by atoms with Gasteiger partial charge in [-0.15, -0.1) is 0 Å². The molecule has 17 heavy (non-hydrogen) atoms. The van der Waals surface area contributed by atoms with Crippen molar-refractivity contribution >= 4 is 5.78 Å². The molecular formula is C6F10O. The lowest BCUT2D eigenvalue weighted by atomic mass is 10.1. The number of allylic oxidation sites excluding steroid dienone is 2. The molecule has 0 aromatic heterocycles. The Morgan fingerprint density at radius 2 is 0.941 bits per heavy atom. The van der Waals surface area contributed by atoms with Gasteiger partial charge in [-0.1, -0.05) is 0 Å². The van der Waals surface area contributed by atoms with Crippen molar-refractivity contribution in [1.82, 2.24) is 0 Å². The molecule has 0 radical (unpaired) electrons. The summed E-state index contributed by atoms with van der Waals surface area (Å²) in [4.78, 5) is 9.94. The molecule has 0 atom stereocenters. The zero-order chi connectivity index (χ0) is 14.2. The van der Waals surface area contributed by atoms with Gasteiger partial charge in [0.2, 0.25) is 0 Å². The SMILES string of the molecule is O=C(C(F)=C(C(F)(F)F)C(F)(F)F)C(F)(F)F. The van der Waals surface area contributed by atoms with Crippen molar-refractivity contribution in [2.45, 2.75) is 18.5 Å². The fourth-order valence-electron chi connectivity index (χ4n) is 0.648. The van der Waals surface area contributed by atoms with Crippen LogP contribution in [0, 0.1) is 0 Å². The number of carbonyl (C=O) groups is 1. The Bertz CT molecular complexity index is 323. The van der Waals surface area contributed by atoms with Gasteiger partial charge in [-0.25, -0.2) is 4.39 Å². The molecule has 0 aliphatic rings. The average Bonchev–Trinajstić information content (AvgIpc) is 1.94. The van der Waals surface area contributed by atoms with Gasteiger partial charge in [-0.2, -0.15) is 39.5 Å². The minimum absolute atomic E-state index is 3.85. The summed E-state index contributed by atoms with van der Waals surface area (Å²) in [7, 11) is 0. The third-order valence-corrected chi connectivity index (χ3v) is 1.24. The molecule has 0 bridgehead atoms. The molecule has 0 N–H and O–H groups in total. The van der Waals surface area contributed by atoms with Crippen LogP contribution >= 0.6 is 0 Å². The summed E-state index contributed by atoms with van der Waals surface area (Å²) in [6.07, 6.45) is -19.1. The zero-order valence-corrected chi connectivity index (χ0v) is 7.19. The fourth-order valence-corrected chi connectivity index (χ4v) is 0.648. The van der Waals surface area contributed by atoms with Gasteiger partial charge in [0.1, 0.15) is 0 Å². The van der Waals surface area contributed by atoms with E-state index in [0.717, 1.165) is 0 Å². The van der Waals surface area contributed by atoms with Crippen molar-refractivity contribution in [2.24, 2.45) is 0 Å². The predicted molar refractivity (Wildman–Crippen MR) is 31.3 cm³/mol. The number of alkyl halides is 9. The van der Waals surface area contributed by atoms with Gasteiger partial charge in [-0.3, -0.25) is 4.79 Å². The van der Waals surface area contributed by atoms with E-state index in [0.29, 0.717) is 0 Å². The quantitative estimate of drug-likeness (QED) is 0.530. The second-order valence-electron chi connectivity index (χ2n) is 2.51. The van der Waals surface area contributed by atoms with Gasteiger partial charge in [0.05, 0.1) is 0 Å². The van der Waals surface area contributed by atoms with Crippen LogP contribution in [0.4, 0.5) is 43.9 Å². The Hall–Kier alpha value is -1.29. The Balaban J connectivity index is 5.85. The largest absolute Gasteiger partial charge is 0.457 e. The van der Waals surface area contributed by atoms with Crippen LogP contribution in [-0.4, -0.2) is 24.3 Å². The van der Waals surface area contributed by atoms with Crippen LogP contribution in [0.25, 0.3) is 0 Å². The molecule has 0 aromatic rings. The summed E-state index contributed by atoms with van der Waals surface area (Å²) >= 11 is 0. The van der Waals surface area contributed by atoms with E-state index in [9.17, 15) is 48.7 Å². The highest BCUT2D eigenvalue weighted by Gasteiger charge is 2.57. The van der Waals surface area contributed by atoms with E-state index < -0.39 is 35.7 Å². The van der Waals surface area contributed by atoms with Crippen LogP contribution in [0.5, 0.6) is 0 Å². The van der Waals surface area contributed by atoms with E-state index in [1.807, 2.05) is 0 Å². The number of hydrogen-bond donors (Lipinski definition) is 0. The summed E-state index contributed by atoms with van der Waals surface area (Å²) in [6, 6.07) is 0. The second-order valence-corrected chi connectivity index (χ2v) is 2.51. The van der Waals surface area contributed by atoms with Crippen molar-refractivity contribution in [3.05, 3.63) is 11.4 Å². The topological polar surface area (TPSA) is 17.1 Å². The van der Waals surface area contributed by atoms with Gasteiger partial charge in [-0.05, 0) is 0 Å². The minimum atomic E-state index is -6.47. The molecule has 1 nitrogen and oxygen atoms in total. The molecule has 0 aliphatic carbocycles. The van der Waals surface area contributed by atoms with Crippen LogP contribution in [0.1, 0.15) is 0 Å². The molecule has 0 heterocycles. The Labute approximate surface area is 85.7 Å². The highest BCUT2D eigenvalue weighted by Crippen LogP contribution is 2.42. The first kappa shape index (κ1) is 15.7. The van der Waals surface area contributed by atoms with Crippen LogP contribution < -0.4 is 0 Å². The number of Topliss-reactive ketones (excluding diaryl/α,β-unsaturated/α-hetero) is 1. The lowest BCUT2D eigenvalue weighted by Gasteiger charge is -2.15. The molecule has 0 unspecified atom stereocenters. The van der Waals surface area contributed by atoms with Gasteiger partial charge in [0.25, 0.3) is 5.78 Å². The Kier molecular flexibility index (Phi) is 3.87. The third kappa shape index (κ3) is 3.89. The van der Waals surface area contributed by atoms with E-state index in [4.69, 9.17) is 0 Å². The normalized spacial score (nSPS) is 13.5. The monoisotopic (exact) mass is 278 g/mol. The molecule has 100 valence electrons. The summed E-state index contributed by atoms with van der Waals surface area (Å²) in [5, 5.41) is 0. The number of hydrogen-bond acceptors (Lipinski definition) is 1. The first-order valence-corrected chi connectivity index (χ1v) is 3.34. The van der Waals surface area contributed by atoms with Crippen molar-refractivity contribution in [1.29, 1.82) is 0 Å². The highest BCUT2D eigenvalue weighted by atomic mass is 19.4. The van der Waals surface area contributed by atoms with Crippen LogP contribution in [-0.2, 0) is 4.79 Å². The summed E-state index contributed by atoms with van der Waals surface area (Å²) in [5.74, 6) is -7.78. The molecule has 0 saturated carbocycles. The number of halogens is 10. The predicted octanol–water partition coefficient (Wildman–Crippen LogP) is 3.47. The standard InChI is InChI=1S/C6F10O/c7-1(3(17)6(14,15)16)2(4(8,9)10)5(11,12)13. The molecule has 0 rings (SSSR count). The van der Waals surface area contributed by atoms with Crippen molar-refractivity contribution in [2.75, 3.05) is 0 Å². The van der Waals surface area contributed by atoms with Gasteiger partial charge >= 0.3 is 18.5 Å². The number of carbonyl (C=O) groups excluding carboxylic acids is 1. The maximum atomic E-state index is 12.3. The molecule has 11 heteroatoms. The van der Waals surface area contributed by atoms with Crippen LogP contribution in [0.15, 0.2) is 11.4 Å². The van der Waals surface area contributed by atoms with Crippen molar-refractivity contribution < 1.29 is 48.7 Å². The Morgan fingerprint density at radius 3 is 1.12 bits per heavy atom. The minimum Gasteiger partial charge on any atom is -0.281 e. The van der Waals surface area contributed by atoms with E-state index in [1.54, 1.807) is 0 Å². The molecule has 0 fully saturated rings. The van der Waals surface area contributed by atoms with Crippen molar-refractivity contribution in [3.63, 3.8) is 0 Å². The van der Waals surface area contributed by atoms with Crippen molar-refractivity contribution in [3.8, 4) is 0 Å². The fraction of sp³-hybridized carbons (Fsp3) is 0.500. The van der Waals surface area contributed by atoms with E-state index >= 15 is 0 Å². The van der Waals surface area contributed by atoms with Crippen LogP contribution in [0.3, 0.4) is 0 Å². The van der Waals surface area contributed by atoms with E-state index in [1.165, 1.54) is 0 Å². The Morgan fingerprint density at radius 1 is 0.647 bits per heavy atom. The van der Waals surface area contributed by atoms with E-state index in [-0.39, 0.29) is 0 Å². The lowest BCUT2D eigenvalue weighted by molar-refractivity contribution is -0.181. The third-order valence-electron chi connectivity index (χ3n) is 1.24. The summed E-state index contributed by atoms with van der Waals surface area (Å²) in [6.45, 7) is 0. The highest BCUT2D eigenvalue weighted by molar-refractivity contribution is 5.98. The maximum absolute atomic E-state index is 12.3. The number of rotatable bonds is 1. The van der Waals surface area contributed by atoms with E-state index in [2.05, 4.69) is 0 Å². The smallest absolute Gasteiger partial charge is 0.281 e. The molecule has 0 aliphatic heterocycles. The lowest BCUT2D eigenvalue weighted by Crippen LogP contribution is -2.32. The second kappa shape index (κ2) is 4.18. The molecule has 0 aromatic carbocycles. The molecule has 0 amide bonds. The first-order valence-electron chi connectivity index (χ1n) is 3.34. The molecule has 0 spiro atoms. The van der Waals surface area contributed by atoms with Gasteiger partial charge in [0, 0.05) is 0 Å². The zero-order valence-electron chi connectivity index (χ0n) is 7.19. The average molecular weight is 278 g/mol. The first-order chi connectivity index (χ1) is 7.19. The molecular weight excluding hydrogens is 278 g/mol. The summed E-state index contributed by atoms with van der Waals surface area (Å²) < 4.78 is 117. The molecule has 0 saturated heterocycles. The van der Waals surface area contributed by atoms with Gasteiger partial charge in [0.15, 0.2) is 11.4 Å². The maximum Gasteiger partial charge on any atom is 0.457 e. The van der Waals surface area contributed by atoms with Crippen LogP contribution in [0.2, 0.25) is 0 Å². The number of ketones is 1. The van der Waals surface area contributed by atoms with Gasteiger partial charge < -0.3 is 0 Å². The summed E-state index contributed by atoms with van der Waals surface area (Å²) in [5.41, 5.74) is -4.12.